The smallest absolute Gasteiger partial charge is 0.337 e. The van der Waals surface area contributed by atoms with Crippen molar-refractivity contribution in [2.75, 3.05) is 6.26 Å². The van der Waals surface area contributed by atoms with Crippen LogP contribution in [0.15, 0.2) is 17.1 Å². The van der Waals surface area contributed by atoms with Crippen molar-refractivity contribution in [1.82, 2.24) is 5.32 Å². The predicted molar refractivity (Wildman–Crippen MR) is 72.2 cm³/mol. The van der Waals surface area contributed by atoms with Crippen molar-refractivity contribution in [1.29, 1.82) is 10.5 Å². The highest BCUT2D eigenvalue weighted by molar-refractivity contribution is 8.13. The first-order chi connectivity index (χ1) is 9.03. The molecule has 0 aromatic heterocycles. The number of aryl methyl sites for hydroxylation is 1. The van der Waals surface area contributed by atoms with Gasteiger partial charge in [0, 0.05) is 0 Å². The molecule has 0 heterocycles. The molecule has 0 saturated heterocycles. The second kappa shape index (κ2) is 6.43. The molecule has 19 heavy (non-hydrogen) atoms. The van der Waals surface area contributed by atoms with E-state index in [1.54, 1.807) is 25.4 Å². The predicted octanol–water partition coefficient (Wildman–Crippen LogP) is 1.99. The van der Waals surface area contributed by atoms with Crippen LogP contribution in [-0.4, -0.2) is 22.5 Å². The van der Waals surface area contributed by atoms with Crippen LogP contribution in [0.4, 0.5) is 5.69 Å². The monoisotopic (exact) mass is 274 g/mol. The van der Waals surface area contributed by atoms with Crippen LogP contribution in [0.5, 0.6) is 0 Å². The molecule has 0 aliphatic carbocycles. The van der Waals surface area contributed by atoms with Gasteiger partial charge in [0.2, 0.25) is 0 Å². The van der Waals surface area contributed by atoms with E-state index in [1.807, 2.05) is 6.07 Å². The molecule has 1 rings (SSSR count). The standard InChI is InChI=1S/C12H10N4O2S/c1-7-3-8(5-13)4-9(11(17)18)10(7)16-12(19-2)15-6-14/h3-4H,1-2H3,(H,15,16)(H,17,18). The van der Waals surface area contributed by atoms with E-state index in [2.05, 4.69) is 10.3 Å². The number of nitrogens with one attached hydrogen (secondary N) is 1. The third kappa shape index (κ3) is 3.47. The van der Waals surface area contributed by atoms with Crippen LogP contribution >= 0.6 is 11.8 Å². The second-order valence-corrected chi connectivity index (χ2v) is 4.26. The Kier molecular flexibility index (Phi) is 4.92. The lowest BCUT2D eigenvalue weighted by molar-refractivity contribution is 0.0697. The molecule has 0 aliphatic rings. The number of aliphatic imine (C=N–C) groups is 1. The summed E-state index contributed by atoms with van der Waals surface area (Å²) in [6, 6.07) is 4.71. The number of carboxylic acid groups (broad SMARTS) is 1. The molecule has 6 nitrogen and oxygen atoms in total. The van der Waals surface area contributed by atoms with Crippen LogP contribution in [0.2, 0.25) is 0 Å². The van der Waals surface area contributed by atoms with Crippen molar-refractivity contribution < 1.29 is 9.90 Å². The Labute approximate surface area is 114 Å². The summed E-state index contributed by atoms with van der Waals surface area (Å²) in [7, 11) is 0. The maximum absolute atomic E-state index is 11.2. The highest BCUT2D eigenvalue weighted by Gasteiger charge is 2.14. The number of benzene rings is 1. The number of rotatable bonds is 2. The lowest BCUT2D eigenvalue weighted by Crippen LogP contribution is -2.13. The van der Waals surface area contributed by atoms with Crippen LogP contribution in [0.25, 0.3) is 0 Å². The van der Waals surface area contributed by atoms with Gasteiger partial charge in [0.15, 0.2) is 11.4 Å². The number of nitriles is 2. The maximum Gasteiger partial charge on any atom is 0.337 e. The minimum atomic E-state index is -1.17. The Balaban J connectivity index is 3.47. The van der Waals surface area contributed by atoms with E-state index in [4.69, 9.17) is 15.6 Å². The Morgan fingerprint density at radius 2 is 2.16 bits per heavy atom. The molecular formula is C12H10N4O2S. The van der Waals surface area contributed by atoms with E-state index in [-0.39, 0.29) is 22.0 Å². The van der Waals surface area contributed by atoms with Crippen molar-refractivity contribution >= 4 is 28.6 Å². The number of nitrogens with zero attached hydrogens (tertiary/aromatic N) is 3. The van der Waals surface area contributed by atoms with E-state index in [1.165, 1.54) is 17.8 Å². The summed E-state index contributed by atoms with van der Waals surface area (Å²) in [4.78, 5) is 15.3. The summed E-state index contributed by atoms with van der Waals surface area (Å²) < 4.78 is 0. The molecule has 1 aromatic rings. The summed E-state index contributed by atoms with van der Waals surface area (Å²) in [5, 5.41) is 29.2. The zero-order chi connectivity index (χ0) is 14.4. The number of amidine groups is 1. The fourth-order valence-corrected chi connectivity index (χ4v) is 1.76. The molecule has 96 valence electrons. The largest absolute Gasteiger partial charge is 0.478 e. The minimum Gasteiger partial charge on any atom is -0.478 e. The van der Waals surface area contributed by atoms with Gasteiger partial charge in [-0.15, -0.1) is 0 Å². The minimum absolute atomic E-state index is 0.0668. The number of thioether (sulfide) groups is 1. The first-order valence-electron chi connectivity index (χ1n) is 5.09. The molecule has 0 radical (unpaired) electrons. The fraction of sp³-hybridized carbons (Fsp3) is 0.167. The van der Waals surface area contributed by atoms with Crippen molar-refractivity contribution in [3.63, 3.8) is 0 Å². The lowest BCUT2D eigenvalue weighted by Gasteiger charge is -2.07. The van der Waals surface area contributed by atoms with Gasteiger partial charge in [-0.2, -0.15) is 10.5 Å². The van der Waals surface area contributed by atoms with Crippen molar-refractivity contribution in [3.05, 3.63) is 28.8 Å². The van der Waals surface area contributed by atoms with Crippen LogP contribution in [0.1, 0.15) is 21.5 Å². The molecule has 1 aromatic carbocycles. The molecular weight excluding hydrogens is 264 g/mol. The van der Waals surface area contributed by atoms with Gasteiger partial charge in [0.1, 0.15) is 0 Å². The molecule has 7 heteroatoms. The summed E-state index contributed by atoms with van der Waals surface area (Å²) in [5.41, 5.74) is 0.983. The topological polar surface area (TPSA) is 109 Å². The van der Waals surface area contributed by atoms with E-state index in [9.17, 15) is 4.79 Å². The molecule has 0 bridgehead atoms. The first-order valence-corrected chi connectivity index (χ1v) is 6.31. The van der Waals surface area contributed by atoms with Gasteiger partial charge in [-0.25, -0.2) is 9.79 Å². The van der Waals surface area contributed by atoms with Gasteiger partial charge in [-0.05, 0) is 30.9 Å². The average molecular weight is 274 g/mol. The quantitative estimate of drug-likeness (QED) is 0.369. The van der Waals surface area contributed by atoms with Crippen molar-refractivity contribution in [2.24, 2.45) is 4.99 Å². The van der Waals surface area contributed by atoms with Gasteiger partial charge in [0.25, 0.3) is 0 Å². The number of aromatic carboxylic acids is 1. The molecule has 0 spiro atoms. The molecule has 0 unspecified atom stereocenters. The molecule has 0 atom stereocenters. The fourth-order valence-electron chi connectivity index (χ4n) is 1.43. The average Bonchev–Trinajstić information content (AvgIpc) is 2.39. The molecule has 0 saturated carbocycles. The van der Waals surface area contributed by atoms with Crippen LogP contribution in [0, 0.1) is 29.7 Å². The third-order valence-electron chi connectivity index (χ3n) is 2.23. The third-order valence-corrected chi connectivity index (χ3v) is 2.81. The normalized spacial score (nSPS) is 10.4. The maximum atomic E-state index is 11.2. The molecule has 0 fully saturated rings. The van der Waals surface area contributed by atoms with Gasteiger partial charge < -0.3 is 5.11 Å². The number of carboxylic acids is 1. The van der Waals surface area contributed by atoms with E-state index in [0.29, 0.717) is 5.56 Å². The lowest BCUT2D eigenvalue weighted by atomic mass is 10.0. The summed E-state index contributed by atoms with van der Waals surface area (Å²) in [5.74, 6) is -1.17. The Hall–Kier alpha value is -2.51. The van der Waals surface area contributed by atoms with E-state index >= 15 is 0 Å². The van der Waals surface area contributed by atoms with Crippen molar-refractivity contribution in [2.45, 2.75) is 6.92 Å². The summed E-state index contributed by atoms with van der Waals surface area (Å²) in [6.45, 7) is 1.66. The van der Waals surface area contributed by atoms with Gasteiger partial charge in [-0.1, -0.05) is 11.8 Å². The van der Waals surface area contributed by atoms with Gasteiger partial charge in [-0.3, -0.25) is 5.32 Å². The zero-order valence-corrected chi connectivity index (χ0v) is 11.1. The number of hydrogen-bond donors (Lipinski definition) is 2. The van der Waals surface area contributed by atoms with Gasteiger partial charge >= 0.3 is 5.97 Å². The van der Waals surface area contributed by atoms with Crippen LogP contribution in [-0.2, 0) is 0 Å². The van der Waals surface area contributed by atoms with E-state index < -0.39 is 5.97 Å². The molecule has 2 N–H and O–H groups in total. The Morgan fingerprint density at radius 3 is 2.63 bits per heavy atom. The highest BCUT2D eigenvalue weighted by atomic mass is 32.2. The summed E-state index contributed by atoms with van der Waals surface area (Å²) in [6.07, 6.45) is 3.44. The van der Waals surface area contributed by atoms with Crippen molar-refractivity contribution in [3.8, 4) is 12.3 Å². The van der Waals surface area contributed by atoms with Crippen LogP contribution < -0.4 is 5.32 Å². The van der Waals surface area contributed by atoms with Crippen LogP contribution in [0.3, 0.4) is 0 Å². The highest BCUT2D eigenvalue weighted by Crippen LogP contribution is 2.27. The number of carbonyl (C=O) groups is 1. The second-order valence-electron chi connectivity index (χ2n) is 3.46. The molecule has 0 amide bonds. The SMILES string of the molecule is CSC(=Nc1c(C)cc(C#N)cc1C(=O)O)NC#N. The Morgan fingerprint density at radius 1 is 1.47 bits per heavy atom. The summed E-state index contributed by atoms with van der Waals surface area (Å²) >= 11 is 1.19. The molecule has 0 aliphatic heterocycles. The number of hydrogen-bond acceptors (Lipinski definition) is 5. The first kappa shape index (κ1) is 14.6. The van der Waals surface area contributed by atoms with Gasteiger partial charge in [0.05, 0.1) is 22.9 Å². The van der Waals surface area contributed by atoms with E-state index in [0.717, 1.165) is 0 Å². The zero-order valence-electron chi connectivity index (χ0n) is 10.3. The Bertz CT molecular complexity index is 626.